The lowest BCUT2D eigenvalue weighted by molar-refractivity contribution is -0.139. The average molecular weight is 386 g/mol. The molecule has 1 atom stereocenters. The molecule has 7 heteroatoms. The summed E-state index contributed by atoms with van der Waals surface area (Å²) in [5.74, 6) is 1.64. The first-order valence-corrected chi connectivity index (χ1v) is 10.5. The van der Waals surface area contributed by atoms with Crippen LogP contribution in [-0.2, 0) is 4.79 Å². The van der Waals surface area contributed by atoms with Gasteiger partial charge in [-0.25, -0.2) is 9.97 Å². The summed E-state index contributed by atoms with van der Waals surface area (Å²) in [5, 5.41) is 0. The molecule has 3 fully saturated rings. The van der Waals surface area contributed by atoms with Gasteiger partial charge >= 0.3 is 0 Å². The number of carbonyl (C=O) groups excluding carboxylic acids is 2. The Bertz CT molecular complexity index is 731. The lowest BCUT2D eigenvalue weighted by Gasteiger charge is -2.48. The van der Waals surface area contributed by atoms with Crippen LogP contribution in [0, 0.1) is 5.41 Å². The first kappa shape index (κ1) is 19.3. The van der Waals surface area contributed by atoms with Crippen LogP contribution >= 0.6 is 0 Å². The largest absolute Gasteiger partial charge is 0.341 e. The van der Waals surface area contributed by atoms with Crippen molar-refractivity contribution in [2.24, 2.45) is 5.41 Å². The fourth-order valence-corrected chi connectivity index (χ4v) is 4.52. The monoisotopic (exact) mass is 385 g/mol. The Morgan fingerprint density at radius 3 is 2.64 bits per heavy atom. The van der Waals surface area contributed by atoms with Gasteiger partial charge < -0.3 is 14.7 Å². The Balaban J connectivity index is 1.42. The molecule has 1 spiro atoms. The predicted octanol–water partition coefficient (Wildman–Crippen LogP) is 1.76. The molecule has 1 saturated carbocycles. The van der Waals surface area contributed by atoms with Gasteiger partial charge in [-0.1, -0.05) is 0 Å². The molecule has 0 N–H and O–H groups in total. The number of hydrogen-bond acceptors (Lipinski definition) is 5. The van der Waals surface area contributed by atoms with E-state index in [1.54, 1.807) is 12.4 Å². The number of likely N-dealkylation sites (tertiary alicyclic amines) is 2. The van der Waals surface area contributed by atoms with E-state index < -0.39 is 0 Å². The van der Waals surface area contributed by atoms with Gasteiger partial charge in [0, 0.05) is 62.9 Å². The van der Waals surface area contributed by atoms with Gasteiger partial charge in [-0.2, -0.15) is 0 Å². The van der Waals surface area contributed by atoms with E-state index in [9.17, 15) is 9.59 Å². The van der Waals surface area contributed by atoms with Crippen molar-refractivity contribution < 1.29 is 9.59 Å². The standard InChI is InChI=1S/C21H31N5O2/c1-24(2)10-11-25-14-21(8-6-18(25)27)7-3-9-26(15-21)20(28)17-12-22-19(23-13-17)16-4-5-16/h12-13,16H,3-11,14-15H2,1-2H3/t21-/m1/s1. The Kier molecular flexibility index (Phi) is 5.36. The van der Waals surface area contributed by atoms with E-state index >= 15 is 0 Å². The molecule has 152 valence electrons. The third-order valence-electron chi connectivity index (χ3n) is 6.38. The van der Waals surface area contributed by atoms with E-state index in [0.29, 0.717) is 17.9 Å². The highest BCUT2D eigenvalue weighted by Crippen LogP contribution is 2.39. The van der Waals surface area contributed by atoms with Crippen LogP contribution in [0.3, 0.4) is 0 Å². The highest BCUT2D eigenvalue weighted by Gasteiger charge is 2.42. The van der Waals surface area contributed by atoms with Crippen molar-refractivity contribution in [1.82, 2.24) is 24.7 Å². The molecule has 0 bridgehead atoms. The SMILES string of the molecule is CN(C)CCN1C[C@@]2(CCCN(C(=O)c3cnc(C4CC4)nc3)C2)CCC1=O. The Morgan fingerprint density at radius 2 is 1.96 bits per heavy atom. The number of rotatable bonds is 5. The summed E-state index contributed by atoms with van der Waals surface area (Å²) in [6, 6.07) is 0. The summed E-state index contributed by atoms with van der Waals surface area (Å²) in [6.45, 7) is 3.90. The minimum atomic E-state index is 0.0261. The van der Waals surface area contributed by atoms with Crippen molar-refractivity contribution in [3.8, 4) is 0 Å². The first-order chi connectivity index (χ1) is 13.5. The van der Waals surface area contributed by atoms with Crippen molar-refractivity contribution in [3.63, 3.8) is 0 Å². The van der Waals surface area contributed by atoms with Gasteiger partial charge in [-0.3, -0.25) is 9.59 Å². The number of amides is 2. The number of nitrogens with zero attached hydrogens (tertiary/aromatic N) is 5. The van der Waals surface area contributed by atoms with Gasteiger partial charge in [0.25, 0.3) is 5.91 Å². The van der Waals surface area contributed by atoms with Crippen LogP contribution in [0.5, 0.6) is 0 Å². The highest BCUT2D eigenvalue weighted by molar-refractivity contribution is 5.93. The minimum absolute atomic E-state index is 0.0261. The second-order valence-corrected chi connectivity index (χ2v) is 9.05. The molecule has 4 rings (SSSR count). The van der Waals surface area contributed by atoms with Crippen LogP contribution in [0.15, 0.2) is 12.4 Å². The van der Waals surface area contributed by atoms with Gasteiger partial charge in [0.05, 0.1) is 5.56 Å². The molecule has 0 aromatic carbocycles. The number of piperidine rings is 2. The topological polar surface area (TPSA) is 69.6 Å². The van der Waals surface area contributed by atoms with Crippen molar-refractivity contribution in [3.05, 3.63) is 23.8 Å². The fraction of sp³-hybridized carbons (Fsp3) is 0.714. The molecular formula is C21H31N5O2. The molecule has 7 nitrogen and oxygen atoms in total. The number of carbonyl (C=O) groups is 2. The van der Waals surface area contributed by atoms with E-state index in [1.807, 2.05) is 23.9 Å². The second kappa shape index (κ2) is 7.78. The zero-order valence-electron chi connectivity index (χ0n) is 17.1. The van der Waals surface area contributed by atoms with Crippen LogP contribution in [0.25, 0.3) is 0 Å². The maximum Gasteiger partial charge on any atom is 0.257 e. The summed E-state index contributed by atoms with van der Waals surface area (Å²) in [7, 11) is 4.06. The van der Waals surface area contributed by atoms with Crippen molar-refractivity contribution in [2.45, 2.75) is 44.4 Å². The van der Waals surface area contributed by atoms with Gasteiger partial charge in [0.15, 0.2) is 0 Å². The molecule has 28 heavy (non-hydrogen) atoms. The Morgan fingerprint density at radius 1 is 1.21 bits per heavy atom. The molecule has 1 aromatic heterocycles. The van der Waals surface area contributed by atoms with Crippen molar-refractivity contribution >= 4 is 11.8 Å². The lowest BCUT2D eigenvalue weighted by atomic mass is 9.73. The second-order valence-electron chi connectivity index (χ2n) is 9.05. The van der Waals surface area contributed by atoms with E-state index in [2.05, 4.69) is 14.9 Å². The normalized spacial score (nSPS) is 25.6. The molecule has 0 unspecified atom stereocenters. The van der Waals surface area contributed by atoms with Crippen LogP contribution in [0.1, 0.15) is 60.6 Å². The third kappa shape index (κ3) is 4.19. The highest BCUT2D eigenvalue weighted by atomic mass is 16.2. The number of aromatic nitrogens is 2. The molecule has 2 amide bonds. The zero-order valence-corrected chi connectivity index (χ0v) is 17.1. The summed E-state index contributed by atoms with van der Waals surface area (Å²) in [6.07, 6.45) is 9.24. The van der Waals surface area contributed by atoms with E-state index in [0.717, 1.165) is 70.7 Å². The molecule has 0 radical (unpaired) electrons. The summed E-state index contributed by atoms with van der Waals surface area (Å²) in [5.41, 5.74) is 0.612. The van der Waals surface area contributed by atoms with E-state index in [-0.39, 0.29) is 17.2 Å². The molecule has 3 heterocycles. The fourth-order valence-electron chi connectivity index (χ4n) is 4.52. The minimum Gasteiger partial charge on any atom is -0.341 e. The molecule has 2 saturated heterocycles. The smallest absolute Gasteiger partial charge is 0.257 e. The Hall–Kier alpha value is -2.02. The van der Waals surface area contributed by atoms with Crippen LogP contribution in [0.2, 0.25) is 0 Å². The van der Waals surface area contributed by atoms with Crippen LogP contribution in [0.4, 0.5) is 0 Å². The predicted molar refractivity (Wildman–Crippen MR) is 106 cm³/mol. The molecule has 3 aliphatic rings. The van der Waals surface area contributed by atoms with Gasteiger partial charge in [-0.15, -0.1) is 0 Å². The van der Waals surface area contributed by atoms with Crippen molar-refractivity contribution in [2.75, 3.05) is 46.8 Å². The van der Waals surface area contributed by atoms with Crippen LogP contribution in [-0.4, -0.2) is 83.3 Å². The average Bonchev–Trinajstić information content (AvgIpc) is 3.54. The van der Waals surface area contributed by atoms with E-state index in [4.69, 9.17) is 0 Å². The lowest BCUT2D eigenvalue weighted by Crippen LogP contribution is -2.55. The Labute approximate surface area is 167 Å². The number of hydrogen-bond donors (Lipinski definition) is 0. The van der Waals surface area contributed by atoms with Gasteiger partial charge in [-0.05, 0) is 46.2 Å². The molecule has 1 aliphatic carbocycles. The van der Waals surface area contributed by atoms with Gasteiger partial charge in [0.2, 0.25) is 5.91 Å². The van der Waals surface area contributed by atoms with Crippen LogP contribution < -0.4 is 0 Å². The molecule has 1 aromatic rings. The zero-order chi connectivity index (χ0) is 19.7. The molecular weight excluding hydrogens is 354 g/mol. The van der Waals surface area contributed by atoms with Gasteiger partial charge in [0.1, 0.15) is 5.82 Å². The number of likely N-dealkylation sites (N-methyl/N-ethyl adjacent to an activating group) is 1. The quantitative estimate of drug-likeness (QED) is 0.772. The van der Waals surface area contributed by atoms with Crippen molar-refractivity contribution in [1.29, 1.82) is 0 Å². The summed E-state index contributed by atoms with van der Waals surface area (Å²) in [4.78, 5) is 40.3. The van der Waals surface area contributed by atoms with E-state index in [1.165, 1.54) is 0 Å². The maximum absolute atomic E-state index is 13.0. The maximum atomic E-state index is 13.0. The summed E-state index contributed by atoms with van der Waals surface area (Å²) >= 11 is 0. The summed E-state index contributed by atoms with van der Waals surface area (Å²) < 4.78 is 0. The first-order valence-electron chi connectivity index (χ1n) is 10.5. The molecule has 2 aliphatic heterocycles. The third-order valence-corrected chi connectivity index (χ3v) is 6.38.